The third kappa shape index (κ3) is 2.31. The highest BCUT2D eigenvalue weighted by molar-refractivity contribution is 5.99. The molecule has 0 aliphatic rings. The topological polar surface area (TPSA) is 80.4 Å². The van der Waals surface area contributed by atoms with Crippen molar-refractivity contribution in [2.24, 2.45) is 0 Å². The highest BCUT2D eigenvalue weighted by Gasteiger charge is 2.19. The quantitative estimate of drug-likeness (QED) is 0.468. The third-order valence-electron chi connectivity index (χ3n) is 1.99. The third-order valence-corrected chi connectivity index (χ3v) is 1.99. The van der Waals surface area contributed by atoms with Gasteiger partial charge in [0.15, 0.2) is 5.78 Å². The number of Topliss-reactive ketones (excluding diaryl/α,β-unsaturated/α-hetero) is 1. The van der Waals surface area contributed by atoms with Crippen molar-refractivity contribution in [1.82, 2.24) is 0 Å². The van der Waals surface area contributed by atoms with Crippen molar-refractivity contribution in [3.63, 3.8) is 0 Å². The van der Waals surface area contributed by atoms with Crippen molar-refractivity contribution in [2.45, 2.75) is 19.8 Å². The molecular formula is C10H11NO4. The van der Waals surface area contributed by atoms with Crippen molar-refractivity contribution >= 4 is 11.5 Å². The molecule has 0 saturated heterocycles. The number of para-hydroxylation sites is 1. The minimum atomic E-state index is -0.710. The summed E-state index contributed by atoms with van der Waals surface area (Å²) in [7, 11) is 0. The maximum Gasteiger partial charge on any atom is 0.311 e. The van der Waals surface area contributed by atoms with Crippen molar-refractivity contribution in [1.29, 1.82) is 0 Å². The smallest absolute Gasteiger partial charge is 0.311 e. The van der Waals surface area contributed by atoms with Crippen LogP contribution in [0.25, 0.3) is 0 Å². The van der Waals surface area contributed by atoms with E-state index >= 15 is 0 Å². The Kier molecular flexibility index (Phi) is 3.38. The lowest BCUT2D eigenvalue weighted by Gasteiger charge is -2.02. The highest BCUT2D eigenvalue weighted by atomic mass is 16.6. The van der Waals surface area contributed by atoms with E-state index in [2.05, 4.69) is 0 Å². The Morgan fingerprint density at radius 3 is 2.73 bits per heavy atom. The summed E-state index contributed by atoms with van der Waals surface area (Å²) in [6, 6.07) is 3.94. The highest BCUT2D eigenvalue weighted by Crippen LogP contribution is 2.30. The summed E-state index contributed by atoms with van der Waals surface area (Å²) in [4.78, 5) is 21.2. The Labute approximate surface area is 86.5 Å². The molecule has 1 aromatic carbocycles. The predicted octanol–water partition coefficient (Wildman–Crippen LogP) is 2.28. The van der Waals surface area contributed by atoms with Crippen LogP contribution < -0.4 is 0 Å². The summed E-state index contributed by atoms with van der Waals surface area (Å²) in [5, 5.41) is 20.0. The SMILES string of the molecule is CCCC(=O)c1cccc([N+](=O)[O-])c1O. The summed E-state index contributed by atoms with van der Waals surface area (Å²) in [6.45, 7) is 1.83. The van der Waals surface area contributed by atoms with Gasteiger partial charge in [0.2, 0.25) is 5.75 Å². The molecule has 0 fully saturated rings. The standard InChI is InChI=1S/C10H11NO4/c1-2-4-9(12)7-5-3-6-8(10(7)13)11(14)15/h3,5-6,13H,2,4H2,1H3. The van der Waals surface area contributed by atoms with E-state index in [9.17, 15) is 20.0 Å². The maximum atomic E-state index is 11.5. The van der Waals surface area contributed by atoms with Crippen LogP contribution in [-0.4, -0.2) is 15.8 Å². The Hall–Kier alpha value is -1.91. The van der Waals surface area contributed by atoms with Crippen molar-refractivity contribution in [2.75, 3.05) is 0 Å². The van der Waals surface area contributed by atoms with E-state index in [0.29, 0.717) is 6.42 Å². The number of rotatable bonds is 4. The zero-order valence-corrected chi connectivity index (χ0v) is 8.27. The lowest BCUT2D eigenvalue weighted by molar-refractivity contribution is -0.385. The molecule has 0 saturated carbocycles. The van der Waals surface area contributed by atoms with Crippen molar-refractivity contribution < 1.29 is 14.8 Å². The summed E-state index contributed by atoms with van der Waals surface area (Å²) in [5.74, 6) is -0.820. The van der Waals surface area contributed by atoms with Gasteiger partial charge in [-0.3, -0.25) is 14.9 Å². The first-order valence-corrected chi connectivity index (χ1v) is 4.57. The number of hydrogen-bond donors (Lipinski definition) is 1. The molecule has 15 heavy (non-hydrogen) atoms. The summed E-state index contributed by atoms with van der Waals surface area (Å²) in [6.07, 6.45) is 0.912. The number of ketones is 1. The number of phenols is 1. The second-order valence-corrected chi connectivity index (χ2v) is 3.10. The van der Waals surface area contributed by atoms with Crippen molar-refractivity contribution in [3.8, 4) is 5.75 Å². The first kappa shape index (κ1) is 11.2. The van der Waals surface area contributed by atoms with Gasteiger partial charge in [0.05, 0.1) is 10.5 Å². The predicted molar refractivity (Wildman–Crippen MR) is 54.0 cm³/mol. The van der Waals surface area contributed by atoms with Crippen LogP contribution in [0.1, 0.15) is 30.1 Å². The monoisotopic (exact) mass is 209 g/mol. The lowest BCUT2D eigenvalue weighted by Crippen LogP contribution is -2.00. The molecule has 0 amide bonds. The van der Waals surface area contributed by atoms with E-state index in [4.69, 9.17) is 0 Å². The van der Waals surface area contributed by atoms with Gasteiger partial charge >= 0.3 is 5.69 Å². The molecule has 0 atom stereocenters. The molecule has 1 rings (SSSR count). The van der Waals surface area contributed by atoms with Gasteiger partial charge in [0, 0.05) is 12.5 Å². The van der Waals surface area contributed by atoms with Gasteiger partial charge in [-0.2, -0.15) is 0 Å². The number of hydrogen-bond acceptors (Lipinski definition) is 4. The van der Waals surface area contributed by atoms with Gasteiger partial charge in [0.1, 0.15) is 0 Å². The molecule has 5 heteroatoms. The molecule has 0 bridgehead atoms. The van der Waals surface area contributed by atoms with E-state index in [-0.39, 0.29) is 17.8 Å². The maximum absolute atomic E-state index is 11.5. The van der Waals surface area contributed by atoms with Crippen LogP contribution in [0.5, 0.6) is 5.75 Å². The molecule has 0 aromatic heterocycles. The van der Waals surface area contributed by atoms with Gasteiger partial charge in [0.25, 0.3) is 0 Å². The molecule has 0 unspecified atom stereocenters. The fourth-order valence-electron chi connectivity index (χ4n) is 1.27. The first-order valence-electron chi connectivity index (χ1n) is 4.57. The summed E-state index contributed by atoms with van der Waals surface area (Å²) in [5.41, 5.74) is -0.414. The van der Waals surface area contributed by atoms with E-state index in [1.54, 1.807) is 0 Å². The van der Waals surface area contributed by atoms with Gasteiger partial charge < -0.3 is 5.11 Å². The van der Waals surface area contributed by atoms with Crippen LogP contribution in [0.3, 0.4) is 0 Å². The number of phenolic OH excluding ortho intramolecular Hbond substituents is 1. The van der Waals surface area contributed by atoms with Crippen LogP contribution in [0.4, 0.5) is 5.69 Å². The zero-order valence-electron chi connectivity index (χ0n) is 8.27. The second-order valence-electron chi connectivity index (χ2n) is 3.10. The molecule has 0 heterocycles. The number of benzene rings is 1. The van der Waals surface area contributed by atoms with E-state index in [1.165, 1.54) is 12.1 Å². The number of aromatic hydroxyl groups is 1. The largest absolute Gasteiger partial charge is 0.502 e. The number of nitrogens with zero attached hydrogens (tertiary/aromatic N) is 1. The van der Waals surface area contributed by atoms with E-state index in [0.717, 1.165) is 6.07 Å². The number of carbonyl (C=O) groups is 1. The van der Waals surface area contributed by atoms with Crippen LogP contribution in [0.15, 0.2) is 18.2 Å². The minimum absolute atomic E-state index is 0.0195. The van der Waals surface area contributed by atoms with Crippen LogP contribution in [0, 0.1) is 10.1 Å². The van der Waals surface area contributed by atoms with Gasteiger partial charge in [-0.15, -0.1) is 0 Å². The molecule has 1 N–H and O–H groups in total. The minimum Gasteiger partial charge on any atom is -0.502 e. The van der Waals surface area contributed by atoms with E-state index < -0.39 is 16.4 Å². The molecule has 80 valence electrons. The average molecular weight is 209 g/mol. The second kappa shape index (κ2) is 4.54. The van der Waals surface area contributed by atoms with Gasteiger partial charge in [-0.1, -0.05) is 13.0 Å². The molecule has 1 aromatic rings. The zero-order chi connectivity index (χ0) is 11.4. The molecule has 0 radical (unpaired) electrons. The van der Waals surface area contributed by atoms with E-state index in [1.807, 2.05) is 6.92 Å². The Balaban J connectivity index is 3.15. The molecular weight excluding hydrogens is 198 g/mol. The first-order chi connectivity index (χ1) is 7.07. The average Bonchev–Trinajstić information content (AvgIpc) is 2.17. The summed E-state index contributed by atoms with van der Waals surface area (Å²) >= 11 is 0. The Bertz CT molecular complexity index is 400. The fraction of sp³-hybridized carbons (Fsp3) is 0.300. The Morgan fingerprint density at radius 1 is 1.53 bits per heavy atom. The molecule has 0 aliphatic heterocycles. The fourth-order valence-corrected chi connectivity index (χ4v) is 1.27. The number of nitro groups is 1. The van der Waals surface area contributed by atoms with Gasteiger partial charge in [-0.05, 0) is 12.5 Å². The number of nitro benzene ring substituents is 1. The normalized spacial score (nSPS) is 9.93. The molecule has 0 aliphatic carbocycles. The summed E-state index contributed by atoms with van der Waals surface area (Å²) < 4.78 is 0. The van der Waals surface area contributed by atoms with Crippen LogP contribution in [-0.2, 0) is 0 Å². The number of carbonyl (C=O) groups excluding carboxylic acids is 1. The van der Waals surface area contributed by atoms with Gasteiger partial charge in [-0.25, -0.2) is 0 Å². The molecule has 0 spiro atoms. The van der Waals surface area contributed by atoms with Crippen LogP contribution >= 0.6 is 0 Å². The Morgan fingerprint density at radius 2 is 2.20 bits per heavy atom. The lowest BCUT2D eigenvalue weighted by atomic mass is 10.1. The molecule has 5 nitrogen and oxygen atoms in total. The van der Waals surface area contributed by atoms with Crippen molar-refractivity contribution in [3.05, 3.63) is 33.9 Å². The van der Waals surface area contributed by atoms with Crippen LogP contribution in [0.2, 0.25) is 0 Å².